The Bertz CT molecular complexity index is 987. The Morgan fingerprint density at radius 1 is 1.22 bits per heavy atom. The molecule has 1 aliphatic carbocycles. The predicted octanol–water partition coefficient (Wildman–Crippen LogP) is 4.22. The zero-order valence-electron chi connectivity index (χ0n) is 22.0. The molecule has 36 heavy (non-hydrogen) atoms. The van der Waals surface area contributed by atoms with Crippen molar-refractivity contribution in [3.05, 3.63) is 47.7 Å². The van der Waals surface area contributed by atoms with Gasteiger partial charge in [-0.2, -0.15) is 0 Å². The van der Waals surface area contributed by atoms with Crippen molar-refractivity contribution in [2.45, 2.75) is 78.0 Å². The van der Waals surface area contributed by atoms with Crippen LogP contribution in [-0.4, -0.2) is 48.5 Å². The number of esters is 1. The highest BCUT2D eigenvalue weighted by atomic mass is 16.5. The van der Waals surface area contributed by atoms with Crippen molar-refractivity contribution in [2.75, 3.05) is 13.7 Å². The van der Waals surface area contributed by atoms with Crippen LogP contribution in [0.15, 0.2) is 42.1 Å². The van der Waals surface area contributed by atoms with E-state index in [1.165, 1.54) is 7.11 Å². The van der Waals surface area contributed by atoms with Crippen molar-refractivity contribution in [2.24, 2.45) is 23.2 Å². The molecule has 1 aromatic carbocycles. The Morgan fingerprint density at radius 3 is 2.56 bits per heavy atom. The van der Waals surface area contributed by atoms with E-state index in [-0.39, 0.29) is 54.7 Å². The normalized spacial score (nSPS) is 27.9. The van der Waals surface area contributed by atoms with Gasteiger partial charge in [-0.15, -0.1) is 0 Å². The number of nitrogens with zero attached hydrogens (tertiary/aromatic N) is 1. The van der Waals surface area contributed by atoms with Crippen LogP contribution >= 0.6 is 0 Å². The van der Waals surface area contributed by atoms with Crippen LogP contribution in [0.25, 0.3) is 0 Å². The summed E-state index contributed by atoms with van der Waals surface area (Å²) < 4.78 is 12.0. The Morgan fingerprint density at radius 2 is 1.94 bits per heavy atom. The van der Waals surface area contributed by atoms with Gasteiger partial charge in [0.25, 0.3) is 0 Å². The standard InChI is InChI=1S/C29H40N2O5/c1-5-6-14-30-25(32)15-22-17-29(28(34)35-4)24(16-23(19(2)3)36-26(29)21-12-13-21)31(27(22)33)18-20-10-8-7-9-11-20/h7-11,16,19,21-23,26H,5-6,12-15,17-18H2,1-4H3,(H,30,32)/t22-,23+,26+,29+/m0/s1. The van der Waals surface area contributed by atoms with E-state index in [0.29, 0.717) is 18.8 Å². The molecular formula is C29H40N2O5. The van der Waals surface area contributed by atoms with E-state index in [1.54, 1.807) is 4.90 Å². The number of hydrogen-bond donors (Lipinski definition) is 1. The van der Waals surface area contributed by atoms with Crippen LogP contribution in [-0.2, 0) is 30.4 Å². The predicted molar refractivity (Wildman–Crippen MR) is 136 cm³/mol. The van der Waals surface area contributed by atoms with Gasteiger partial charge in [0.2, 0.25) is 11.8 Å². The number of unbranched alkanes of at least 4 members (excludes halogenated alkanes) is 1. The minimum absolute atomic E-state index is 0.0465. The molecule has 2 fully saturated rings. The number of rotatable bonds is 10. The van der Waals surface area contributed by atoms with Crippen LogP contribution in [0.3, 0.4) is 0 Å². The van der Waals surface area contributed by atoms with E-state index in [0.717, 1.165) is 31.2 Å². The molecule has 196 valence electrons. The summed E-state index contributed by atoms with van der Waals surface area (Å²) in [6.45, 7) is 7.16. The number of amides is 2. The lowest BCUT2D eigenvalue weighted by molar-refractivity contribution is -0.182. The average Bonchev–Trinajstić information content (AvgIpc) is 3.71. The fraction of sp³-hybridized carbons (Fsp3) is 0.621. The number of piperidine rings is 1. The molecule has 7 nitrogen and oxygen atoms in total. The molecule has 3 aliphatic rings. The average molecular weight is 497 g/mol. The molecule has 4 atom stereocenters. The van der Waals surface area contributed by atoms with Gasteiger partial charge in [-0.3, -0.25) is 14.4 Å². The van der Waals surface area contributed by atoms with E-state index < -0.39 is 11.3 Å². The molecule has 0 radical (unpaired) electrons. The van der Waals surface area contributed by atoms with Crippen molar-refractivity contribution < 1.29 is 23.9 Å². The molecule has 4 rings (SSSR count). The Labute approximate surface area is 214 Å². The molecule has 0 unspecified atom stereocenters. The van der Waals surface area contributed by atoms with Crippen molar-refractivity contribution in [1.29, 1.82) is 0 Å². The van der Waals surface area contributed by atoms with E-state index in [2.05, 4.69) is 26.1 Å². The van der Waals surface area contributed by atoms with Crippen LogP contribution in [0.4, 0.5) is 0 Å². The number of methoxy groups -OCH3 is 1. The first-order valence-corrected chi connectivity index (χ1v) is 13.4. The number of benzene rings is 1. The summed E-state index contributed by atoms with van der Waals surface area (Å²) in [6.07, 6.45) is 5.49. The third-order valence-electron chi connectivity index (χ3n) is 7.77. The largest absolute Gasteiger partial charge is 0.468 e. The molecule has 0 spiro atoms. The maximum absolute atomic E-state index is 14.0. The quantitative estimate of drug-likeness (QED) is 0.387. The van der Waals surface area contributed by atoms with E-state index in [4.69, 9.17) is 9.47 Å². The SMILES string of the molecule is CCCCNC(=O)C[C@H]1C[C@@]2(C(=O)OC)C(=C[C@H](C(C)C)O[C@@H]2C2CC2)N(Cc2ccccc2)C1=O. The van der Waals surface area contributed by atoms with Gasteiger partial charge < -0.3 is 19.7 Å². The lowest BCUT2D eigenvalue weighted by Crippen LogP contribution is -2.61. The Kier molecular flexibility index (Phi) is 8.18. The van der Waals surface area contributed by atoms with Crippen molar-refractivity contribution >= 4 is 17.8 Å². The molecule has 1 N–H and O–H groups in total. The molecule has 0 aromatic heterocycles. The lowest BCUT2D eigenvalue weighted by atomic mass is 9.64. The summed E-state index contributed by atoms with van der Waals surface area (Å²) in [5, 5.41) is 2.94. The smallest absolute Gasteiger partial charge is 0.320 e. The zero-order chi connectivity index (χ0) is 25.9. The molecule has 1 saturated heterocycles. The summed E-state index contributed by atoms with van der Waals surface area (Å²) in [5.41, 5.74) is 0.542. The van der Waals surface area contributed by atoms with Crippen molar-refractivity contribution in [3.63, 3.8) is 0 Å². The molecule has 0 bridgehead atoms. The van der Waals surface area contributed by atoms with Gasteiger partial charge in [0, 0.05) is 24.6 Å². The maximum atomic E-state index is 14.0. The minimum Gasteiger partial charge on any atom is -0.468 e. The summed E-state index contributed by atoms with van der Waals surface area (Å²) in [4.78, 5) is 42.3. The van der Waals surface area contributed by atoms with Gasteiger partial charge in [0.1, 0.15) is 5.41 Å². The van der Waals surface area contributed by atoms with Crippen molar-refractivity contribution in [1.82, 2.24) is 10.2 Å². The number of ether oxygens (including phenoxy) is 2. The number of carbonyl (C=O) groups is 3. The molecule has 1 aromatic rings. The van der Waals surface area contributed by atoms with Gasteiger partial charge in [-0.25, -0.2) is 0 Å². The number of carbonyl (C=O) groups excluding carboxylic acids is 3. The number of fused-ring (bicyclic) bond motifs is 1. The van der Waals surface area contributed by atoms with Crippen molar-refractivity contribution in [3.8, 4) is 0 Å². The lowest BCUT2D eigenvalue weighted by Gasteiger charge is -2.53. The Balaban J connectivity index is 1.78. The van der Waals surface area contributed by atoms with Gasteiger partial charge >= 0.3 is 5.97 Å². The van der Waals surface area contributed by atoms with E-state index >= 15 is 0 Å². The van der Waals surface area contributed by atoms with Gasteiger partial charge in [0.05, 0.1) is 25.9 Å². The number of likely N-dealkylation sites (tertiary alicyclic amines) is 1. The van der Waals surface area contributed by atoms with Crippen LogP contribution in [0.5, 0.6) is 0 Å². The fourth-order valence-corrected chi connectivity index (χ4v) is 5.68. The first kappa shape index (κ1) is 26.4. The number of nitrogens with one attached hydrogen (secondary N) is 1. The van der Waals surface area contributed by atoms with Gasteiger partial charge in [-0.1, -0.05) is 57.5 Å². The molecule has 2 aliphatic heterocycles. The minimum atomic E-state index is -1.11. The van der Waals surface area contributed by atoms with Crippen LogP contribution in [0.1, 0.15) is 64.9 Å². The van der Waals surface area contributed by atoms with Crippen LogP contribution in [0.2, 0.25) is 0 Å². The van der Waals surface area contributed by atoms with E-state index in [1.807, 2.05) is 36.4 Å². The van der Waals surface area contributed by atoms with Crippen LogP contribution < -0.4 is 5.32 Å². The Hall–Kier alpha value is -2.67. The second-order valence-electron chi connectivity index (χ2n) is 10.8. The highest BCUT2D eigenvalue weighted by molar-refractivity contribution is 5.92. The molecule has 2 heterocycles. The molecule has 1 saturated carbocycles. The highest BCUT2D eigenvalue weighted by Gasteiger charge is 2.63. The topological polar surface area (TPSA) is 84.9 Å². The summed E-state index contributed by atoms with van der Waals surface area (Å²) in [7, 11) is 1.40. The summed E-state index contributed by atoms with van der Waals surface area (Å²) in [5.74, 6) is -0.866. The zero-order valence-corrected chi connectivity index (χ0v) is 22.0. The maximum Gasteiger partial charge on any atom is 0.320 e. The van der Waals surface area contributed by atoms with Gasteiger partial charge in [-0.05, 0) is 49.2 Å². The second-order valence-corrected chi connectivity index (χ2v) is 10.8. The highest BCUT2D eigenvalue weighted by Crippen LogP contribution is 2.56. The summed E-state index contributed by atoms with van der Waals surface area (Å²) in [6, 6.07) is 9.78. The monoisotopic (exact) mass is 496 g/mol. The third-order valence-corrected chi connectivity index (χ3v) is 7.77. The molecule has 7 heteroatoms. The van der Waals surface area contributed by atoms with Gasteiger partial charge in [0.15, 0.2) is 0 Å². The fourth-order valence-electron chi connectivity index (χ4n) is 5.68. The molecular weight excluding hydrogens is 456 g/mol. The first-order valence-electron chi connectivity index (χ1n) is 13.4. The summed E-state index contributed by atoms with van der Waals surface area (Å²) >= 11 is 0. The second kappa shape index (κ2) is 11.2. The van der Waals surface area contributed by atoms with Crippen LogP contribution in [0, 0.1) is 23.2 Å². The third kappa shape index (κ3) is 5.22. The number of hydrogen-bond acceptors (Lipinski definition) is 5. The first-order chi connectivity index (χ1) is 17.3. The molecule has 2 amide bonds. The van der Waals surface area contributed by atoms with E-state index in [9.17, 15) is 14.4 Å².